The molecule has 5 aliphatic carbocycles. The molecule has 0 aromatic carbocycles. The van der Waals surface area contributed by atoms with E-state index in [9.17, 15) is 24.3 Å². The van der Waals surface area contributed by atoms with Gasteiger partial charge in [0.15, 0.2) is 5.78 Å². The average molecular weight is 503 g/mol. The molecule has 192 valence electrons. The summed E-state index contributed by atoms with van der Waals surface area (Å²) in [6.07, 6.45) is 0.904. The predicted molar refractivity (Wildman–Crippen MR) is 130 cm³/mol. The molecule has 1 spiro atoms. The average Bonchev–Trinajstić information content (AvgIpc) is 3.43. The lowest BCUT2D eigenvalue weighted by atomic mass is 9.57. The topological polar surface area (TPSA) is 107 Å². The van der Waals surface area contributed by atoms with Crippen LogP contribution in [0.3, 0.4) is 0 Å². The molecule has 2 heterocycles. The van der Waals surface area contributed by atoms with Crippen molar-refractivity contribution in [3.63, 3.8) is 0 Å². The van der Waals surface area contributed by atoms with Gasteiger partial charge in [-0.05, 0) is 49.5 Å². The second kappa shape index (κ2) is 7.28. The van der Waals surface area contributed by atoms with Crippen LogP contribution in [0.15, 0.2) is 59.8 Å². The number of ketones is 2. The molecule has 7 rings (SSSR count). The summed E-state index contributed by atoms with van der Waals surface area (Å²) in [6, 6.07) is 0. The zero-order chi connectivity index (χ0) is 26.1. The van der Waals surface area contributed by atoms with Gasteiger partial charge in [-0.25, -0.2) is 9.59 Å². The first-order valence-corrected chi connectivity index (χ1v) is 13.2. The SMILES string of the molecule is C=C1C(=O)C2=C3[C@H](CC[C@H]4C(=C)C(=O)O[C@@H]4[C@H]13)CC[C@]21C(=O)C[C@H]2C(=C)C[C@@H](O)[C@H]3C(=C)C(=O)O[C@@H]3[C@H]21. The van der Waals surface area contributed by atoms with Gasteiger partial charge in [0, 0.05) is 46.5 Å². The lowest BCUT2D eigenvalue weighted by Gasteiger charge is -2.44. The molecule has 0 amide bonds. The number of rotatable bonds is 0. The Labute approximate surface area is 215 Å². The number of carbonyl (C=O) groups is 4. The van der Waals surface area contributed by atoms with E-state index in [0.29, 0.717) is 29.6 Å². The van der Waals surface area contributed by atoms with Crippen LogP contribution in [-0.4, -0.2) is 46.9 Å². The van der Waals surface area contributed by atoms with Gasteiger partial charge in [-0.2, -0.15) is 0 Å². The molecule has 3 saturated carbocycles. The third-order valence-corrected chi connectivity index (χ3v) is 10.7. The maximum atomic E-state index is 14.2. The Hall–Kier alpha value is -3.06. The molecule has 1 N–H and O–H groups in total. The quantitative estimate of drug-likeness (QED) is 0.308. The first-order valence-electron chi connectivity index (χ1n) is 13.2. The summed E-state index contributed by atoms with van der Waals surface area (Å²) >= 11 is 0. The van der Waals surface area contributed by atoms with E-state index in [4.69, 9.17) is 9.47 Å². The van der Waals surface area contributed by atoms with E-state index >= 15 is 0 Å². The van der Waals surface area contributed by atoms with Gasteiger partial charge in [0.2, 0.25) is 0 Å². The molecule has 7 aliphatic rings. The van der Waals surface area contributed by atoms with Crippen molar-refractivity contribution in [2.45, 2.75) is 56.8 Å². The Morgan fingerprint density at radius 3 is 2.27 bits per heavy atom. The van der Waals surface area contributed by atoms with Gasteiger partial charge in [0.25, 0.3) is 0 Å². The fourth-order valence-electron chi connectivity index (χ4n) is 9.16. The van der Waals surface area contributed by atoms with Crippen molar-refractivity contribution < 1.29 is 33.8 Å². The monoisotopic (exact) mass is 502 g/mol. The van der Waals surface area contributed by atoms with Crippen molar-refractivity contribution in [2.24, 2.45) is 40.9 Å². The maximum absolute atomic E-state index is 14.2. The van der Waals surface area contributed by atoms with Gasteiger partial charge < -0.3 is 14.6 Å². The molecule has 0 radical (unpaired) electrons. The Bertz CT molecular complexity index is 1310. The van der Waals surface area contributed by atoms with E-state index in [1.165, 1.54) is 0 Å². The summed E-state index contributed by atoms with van der Waals surface area (Å²) in [5, 5.41) is 11.0. The number of fused-ring (bicyclic) bond motifs is 7. The van der Waals surface area contributed by atoms with Crippen molar-refractivity contribution in [3.05, 3.63) is 59.8 Å². The smallest absolute Gasteiger partial charge is 0.334 e. The number of esters is 2. The Balaban J connectivity index is 1.44. The fourth-order valence-corrected chi connectivity index (χ4v) is 9.16. The molecule has 0 aromatic heterocycles. The van der Waals surface area contributed by atoms with Crippen molar-refractivity contribution >= 4 is 23.5 Å². The van der Waals surface area contributed by atoms with Crippen molar-refractivity contribution in [2.75, 3.05) is 0 Å². The molecular formula is C30H30O7. The van der Waals surface area contributed by atoms with Crippen LogP contribution in [-0.2, 0) is 28.7 Å². The van der Waals surface area contributed by atoms with E-state index in [-0.39, 0.29) is 47.7 Å². The van der Waals surface area contributed by atoms with Crippen LogP contribution in [0.5, 0.6) is 0 Å². The number of hydrogen-bond acceptors (Lipinski definition) is 7. The zero-order valence-electron chi connectivity index (χ0n) is 20.7. The number of aliphatic hydroxyl groups is 1. The lowest BCUT2D eigenvalue weighted by Crippen LogP contribution is -2.48. The molecule has 5 fully saturated rings. The van der Waals surface area contributed by atoms with E-state index in [1.807, 2.05) is 0 Å². The number of allylic oxidation sites excluding steroid dienone is 1. The second-order valence-corrected chi connectivity index (χ2v) is 12.1. The van der Waals surface area contributed by atoms with Gasteiger partial charge in [0.1, 0.15) is 18.0 Å². The van der Waals surface area contributed by atoms with Gasteiger partial charge in [-0.1, -0.05) is 31.9 Å². The minimum absolute atomic E-state index is 0.0382. The van der Waals surface area contributed by atoms with E-state index in [0.717, 1.165) is 24.0 Å². The normalized spacial score (nSPS) is 46.5. The summed E-state index contributed by atoms with van der Waals surface area (Å²) in [5.41, 5.74) is 1.98. The number of hydrogen-bond donors (Lipinski definition) is 1. The van der Waals surface area contributed by atoms with E-state index in [1.54, 1.807) is 0 Å². The number of ether oxygens (including phenoxy) is 2. The van der Waals surface area contributed by atoms with Crippen LogP contribution in [0.2, 0.25) is 0 Å². The number of aliphatic hydroxyl groups excluding tert-OH is 1. The van der Waals surface area contributed by atoms with Crippen LogP contribution in [0, 0.1) is 40.9 Å². The predicted octanol–water partition coefficient (Wildman–Crippen LogP) is 2.95. The number of carbonyl (C=O) groups excluding carboxylic acids is 4. The fraction of sp³-hybridized carbons (Fsp3) is 0.533. The Morgan fingerprint density at radius 1 is 0.811 bits per heavy atom. The van der Waals surface area contributed by atoms with Crippen LogP contribution < -0.4 is 0 Å². The van der Waals surface area contributed by atoms with Crippen molar-refractivity contribution in [1.82, 2.24) is 0 Å². The van der Waals surface area contributed by atoms with Gasteiger partial charge >= 0.3 is 11.9 Å². The molecule has 7 nitrogen and oxygen atoms in total. The number of Topliss-reactive ketones (excluding diaryl/α,β-unsaturated/α-hetero) is 2. The first-order chi connectivity index (χ1) is 17.6. The zero-order valence-corrected chi connectivity index (χ0v) is 20.7. The van der Waals surface area contributed by atoms with Crippen molar-refractivity contribution in [1.29, 1.82) is 0 Å². The molecule has 2 saturated heterocycles. The van der Waals surface area contributed by atoms with Crippen LogP contribution in [0.4, 0.5) is 0 Å². The molecular weight excluding hydrogens is 472 g/mol. The van der Waals surface area contributed by atoms with Crippen LogP contribution in [0.1, 0.15) is 38.5 Å². The summed E-state index contributed by atoms with van der Waals surface area (Å²) in [7, 11) is 0. The summed E-state index contributed by atoms with van der Waals surface area (Å²) in [4.78, 5) is 53.4. The molecule has 0 aromatic rings. The Kier molecular flexibility index (Phi) is 4.54. The van der Waals surface area contributed by atoms with E-state index < -0.39 is 53.4 Å². The van der Waals surface area contributed by atoms with Gasteiger partial charge in [-0.3, -0.25) is 9.59 Å². The summed E-state index contributed by atoms with van der Waals surface area (Å²) < 4.78 is 11.7. The van der Waals surface area contributed by atoms with Crippen LogP contribution in [0.25, 0.3) is 0 Å². The molecule has 0 bridgehead atoms. The summed E-state index contributed by atoms with van der Waals surface area (Å²) in [6.45, 7) is 16.3. The third kappa shape index (κ3) is 2.61. The Morgan fingerprint density at radius 2 is 1.51 bits per heavy atom. The highest BCUT2D eigenvalue weighted by Gasteiger charge is 2.70. The largest absolute Gasteiger partial charge is 0.458 e. The van der Waals surface area contributed by atoms with Crippen LogP contribution >= 0.6 is 0 Å². The van der Waals surface area contributed by atoms with E-state index in [2.05, 4.69) is 26.3 Å². The highest BCUT2D eigenvalue weighted by molar-refractivity contribution is 6.17. The molecule has 7 heteroatoms. The molecule has 0 unspecified atom stereocenters. The standard InChI is InChI=1S/C30H30O7/c1-11-9-18(31)20-14(4)29(35)37-27(20)23-17(11)10-19(32)30(23)8-7-15-5-6-16-12(2)28(34)36-26(16)21-13(3)25(33)24(30)22(15)21/h15-18,20-21,23,26-27,31H,1-10H2/t15-,16+,17+,18-,20-,21-,23+,26+,27+,30-/m1/s1. The van der Waals surface area contributed by atoms with Gasteiger partial charge in [0.05, 0.1) is 17.4 Å². The maximum Gasteiger partial charge on any atom is 0.334 e. The molecule has 10 atom stereocenters. The minimum Gasteiger partial charge on any atom is -0.458 e. The molecule has 2 aliphatic heterocycles. The highest BCUT2D eigenvalue weighted by Crippen LogP contribution is 2.67. The lowest BCUT2D eigenvalue weighted by molar-refractivity contribution is -0.146. The highest BCUT2D eigenvalue weighted by atomic mass is 16.6. The van der Waals surface area contributed by atoms with Gasteiger partial charge in [-0.15, -0.1) is 0 Å². The third-order valence-electron chi connectivity index (χ3n) is 10.7. The first kappa shape index (κ1) is 23.1. The summed E-state index contributed by atoms with van der Waals surface area (Å²) in [5.74, 6) is -3.34. The van der Waals surface area contributed by atoms with Crippen molar-refractivity contribution in [3.8, 4) is 0 Å². The second-order valence-electron chi connectivity index (χ2n) is 12.1. The molecule has 37 heavy (non-hydrogen) atoms. The minimum atomic E-state index is -1.16.